The molecule has 0 atom stereocenters. The van der Waals surface area contributed by atoms with Gasteiger partial charge in [0, 0.05) is 5.02 Å². The van der Waals surface area contributed by atoms with E-state index < -0.39 is 5.97 Å². The lowest BCUT2D eigenvalue weighted by Crippen LogP contribution is -2.14. The van der Waals surface area contributed by atoms with Gasteiger partial charge < -0.3 is 10.1 Å². The van der Waals surface area contributed by atoms with Crippen LogP contribution >= 0.6 is 38.9 Å². The van der Waals surface area contributed by atoms with Crippen LogP contribution in [-0.2, 0) is 4.74 Å². The summed E-state index contributed by atoms with van der Waals surface area (Å²) in [4.78, 5) is 24.5. The van der Waals surface area contributed by atoms with Crippen molar-refractivity contribution >= 4 is 56.4 Å². The molecule has 1 aromatic carbocycles. The molecule has 0 fully saturated rings. The van der Waals surface area contributed by atoms with Gasteiger partial charge in [-0.1, -0.05) is 11.6 Å². The minimum atomic E-state index is -0.537. The van der Waals surface area contributed by atoms with Crippen LogP contribution < -0.4 is 5.32 Å². The molecule has 0 bridgehead atoms. The molecule has 110 valence electrons. The maximum Gasteiger partial charge on any atom is 0.339 e. The first-order valence-corrected chi connectivity index (χ1v) is 7.86. The molecule has 0 aliphatic rings. The summed E-state index contributed by atoms with van der Waals surface area (Å²) in [6.07, 6.45) is 0. The van der Waals surface area contributed by atoms with E-state index in [1.54, 1.807) is 12.1 Å². The van der Waals surface area contributed by atoms with Crippen LogP contribution in [0.2, 0.25) is 5.02 Å². The molecule has 1 heterocycles. The normalized spacial score (nSPS) is 10.3. The third kappa shape index (κ3) is 3.64. The van der Waals surface area contributed by atoms with Crippen LogP contribution in [0.5, 0.6) is 0 Å². The zero-order chi connectivity index (χ0) is 15.6. The van der Waals surface area contributed by atoms with Crippen molar-refractivity contribution in [3.05, 3.63) is 49.1 Å². The van der Waals surface area contributed by atoms with Gasteiger partial charge in [-0.25, -0.2) is 4.79 Å². The van der Waals surface area contributed by atoms with E-state index >= 15 is 0 Å². The minimum Gasteiger partial charge on any atom is -0.465 e. The number of hydrogen-bond donors (Lipinski definition) is 1. The fourth-order valence-corrected chi connectivity index (χ4v) is 3.27. The zero-order valence-corrected chi connectivity index (χ0v) is 14.4. The van der Waals surface area contributed by atoms with Crippen molar-refractivity contribution in [3.63, 3.8) is 0 Å². The van der Waals surface area contributed by atoms with Crippen LogP contribution in [0.3, 0.4) is 0 Å². The van der Waals surface area contributed by atoms with Gasteiger partial charge in [0.05, 0.1) is 27.0 Å². The number of anilines is 1. The molecule has 1 N–H and O–H groups in total. The molecule has 7 heteroatoms. The predicted molar refractivity (Wildman–Crippen MR) is 87.5 cm³/mol. The highest BCUT2D eigenvalue weighted by Crippen LogP contribution is 2.29. The van der Waals surface area contributed by atoms with Gasteiger partial charge in [0.15, 0.2) is 0 Å². The van der Waals surface area contributed by atoms with Crippen molar-refractivity contribution in [2.75, 3.05) is 12.4 Å². The first kappa shape index (κ1) is 16.0. The fourth-order valence-electron chi connectivity index (χ4n) is 1.66. The molecule has 0 aliphatic heterocycles. The van der Waals surface area contributed by atoms with Gasteiger partial charge in [-0.05, 0) is 52.7 Å². The van der Waals surface area contributed by atoms with Gasteiger partial charge in [0.1, 0.15) is 0 Å². The summed E-state index contributed by atoms with van der Waals surface area (Å²) >= 11 is 10.6. The number of ether oxygens (including phenoxy) is 1. The molecule has 0 spiro atoms. The Morgan fingerprint density at radius 3 is 2.62 bits per heavy atom. The van der Waals surface area contributed by atoms with E-state index in [0.717, 1.165) is 9.35 Å². The van der Waals surface area contributed by atoms with E-state index in [9.17, 15) is 9.59 Å². The van der Waals surface area contributed by atoms with Crippen molar-refractivity contribution in [2.24, 2.45) is 0 Å². The SMILES string of the molecule is COC(=O)c1ccc(Cl)cc1NC(=O)c1cc(C)c(Br)s1. The van der Waals surface area contributed by atoms with Gasteiger partial charge in [-0.15, -0.1) is 11.3 Å². The number of rotatable bonds is 3. The van der Waals surface area contributed by atoms with E-state index in [-0.39, 0.29) is 11.5 Å². The Kier molecular flexibility index (Phi) is 5.03. The standard InChI is InChI=1S/C14H11BrClNO3S/c1-7-5-11(21-12(7)15)13(18)17-10-6-8(16)3-4-9(10)14(19)20-2/h3-6H,1-2H3,(H,17,18). The summed E-state index contributed by atoms with van der Waals surface area (Å²) < 4.78 is 5.58. The number of carbonyl (C=O) groups is 2. The molecule has 0 unspecified atom stereocenters. The van der Waals surface area contributed by atoms with Gasteiger partial charge in [0.2, 0.25) is 0 Å². The summed E-state index contributed by atoms with van der Waals surface area (Å²) in [6, 6.07) is 6.36. The number of hydrogen-bond acceptors (Lipinski definition) is 4. The first-order valence-electron chi connectivity index (χ1n) is 5.87. The van der Waals surface area contributed by atoms with E-state index in [0.29, 0.717) is 15.6 Å². The van der Waals surface area contributed by atoms with Crippen molar-refractivity contribution in [1.82, 2.24) is 0 Å². The third-order valence-electron chi connectivity index (χ3n) is 2.72. The summed E-state index contributed by atoms with van der Waals surface area (Å²) in [5, 5.41) is 3.11. The monoisotopic (exact) mass is 387 g/mol. The zero-order valence-electron chi connectivity index (χ0n) is 11.2. The summed E-state index contributed by atoms with van der Waals surface area (Å²) in [5.41, 5.74) is 1.55. The number of nitrogens with one attached hydrogen (secondary N) is 1. The first-order chi connectivity index (χ1) is 9.92. The number of benzene rings is 1. The Morgan fingerprint density at radius 1 is 1.33 bits per heavy atom. The minimum absolute atomic E-state index is 0.252. The number of halogens is 2. The number of methoxy groups -OCH3 is 1. The summed E-state index contributed by atoms with van der Waals surface area (Å²) in [7, 11) is 1.28. The number of carbonyl (C=O) groups excluding carboxylic acids is 2. The smallest absolute Gasteiger partial charge is 0.339 e. The van der Waals surface area contributed by atoms with Gasteiger partial charge in [0.25, 0.3) is 5.91 Å². The van der Waals surface area contributed by atoms with Crippen LogP contribution in [0, 0.1) is 6.92 Å². The maximum absolute atomic E-state index is 12.2. The number of thiophene rings is 1. The predicted octanol–water partition coefficient (Wildman–Crippen LogP) is 4.51. The molecule has 0 aliphatic carbocycles. The van der Waals surface area contributed by atoms with Crippen LogP contribution in [0.4, 0.5) is 5.69 Å². The topological polar surface area (TPSA) is 55.4 Å². The average Bonchev–Trinajstić information content (AvgIpc) is 2.78. The van der Waals surface area contributed by atoms with E-state index in [4.69, 9.17) is 11.6 Å². The molecular weight excluding hydrogens is 378 g/mol. The van der Waals surface area contributed by atoms with Gasteiger partial charge >= 0.3 is 5.97 Å². The largest absolute Gasteiger partial charge is 0.465 e. The molecule has 0 radical (unpaired) electrons. The summed E-state index contributed by atoms with van der Waals surface area (Å²) in [6.45, 7) is 1.90. The molecule has 0 saturated heterocycles. The maximum atomic E-state index is 12.2. The molecule has 1 aromatic heterocycles. The van der Waals surface area contributed by atoms with Crippen molar-refractivity contribution in [2.45, 2.75) is 6.92 Å². The molecule has 1 amide bonds. The lowest BCUT2D eigenvalue weighted by Gasteiger charge is -2.09. The molecular formula is C14H11BrClNO3S. The highest BCUT2D eigenvalue weighted by molar-refractivity contribution is 9.11. The molecule has 2 rings (SSSR count). The average molecular weight is 389 g/mol. The Hall–Kier alpha value is -1.37. The van der Waals surface area contributed by atoms with Crippen molar-refractivity contribution in [1.29, 1.82) is 0 Å². The van der Waals surface area contributed by atoms with Crippen LogP contribution in [-0.4, -0.2) is 19.0 Å². The highest BCUT2D eigenvalue weighted by atomic mass is 79.9. The second-order valence-electron chi connectivity index (χ2n) is 4.20. The molecule has 2 aromatic rings. The third-order valence-corrected chi connectivity index (χ3v) is 5.09. The van der Waals surface area contributed by atoms with Crippen molar-refractivity contribution < 1.29 is 14.3 Å². The number of esters is 1. The second-order valence-corrected chi connectivity index (χ2v) is 7.01. The highest BCUT2D eigenvalue weighted by Gasteiger charge is 2.17. The Bertz CT molecular complexity index is 695. The molecule has 4 nitrogen and oxygen atoms in total. The Balaban J connectivity index is 2.32. The molecule has 21 heavy (non-hydrogen) atoms. The summed E-state index contributed by atoms with van der Waals surface area (Å²) in [5.74, 6) is -0.841. The van der Waals surface area contributed by atoms with Gasteiger partial charge in [-0.3, -0.25) is 4.79 Å². The van der Waals surface area contributed by atoms with Crippen LogP contribution in [0.1, 0.15) is 25.6 Å². The number of amides is 1. The Labute approximate surface area is 139 Å². The van der Waals surface area contributed by atoms with Gasteiger partial charge in [-0.2, -0.15) is 0 Å². The van der Waals surface area contributed by atoms with E-state index in [2.05, 4.69) is 26.0 Å². The lowest BCUT2D eigenvalue weighted by atomic mass is 10.1. The van der Waals surface area contributed by atoms with E-state index in [1.165, 1.54) is 30.6 Å². The lowest BCUT2D eigenvalue weighted by molar-refractivity contribution is 0.0602. The van der Waals surface area contributed by atoms with Crippen molar-refractivity contribution in [3.8, 4) is 0 Å². The molecule has 0 saturated carbocycles. The number of aryl methyl sites for hydroxylation is 1. The quantitative estimate of drug-likeness (QED) is 0.787. The van der Waals surface area contributed by atoms with E-state index in [1.807, 2.05) is 6.92 Å². The van der Waals surface area contributed by atoms with Crippen LogP contribution in [0.25, 0.3) is 0 Å². The second kappa shape index (κ2) is 6.60. The fraction of sp³-hybridized carbons (Fsp3) is 0.143. The van der Waals surface area contributed by atoms with Crippen LogP contribution in [0.15, 0.2) is 28.1 Å². The Morgan fingerprint density at radius 2 is 2.05 bits per heavy atom.